The molecule has 2 aromatic heterocycles. The lowest BCUT2D eigenvalue weighted by Gasteiger charge is -2.28. The van der Waals surface area contributed by atoms with Gasteiger partial charge in [0.2, 0.25) is 0 Å². The summed E-state index contributed by atoms with van der Waals surface area (Å²) in [6.07, 6.45) is 0. The van der Waals surface area contributed by atoms with Gasteiger partial charge in [0.15, 0.2) is 0 Å². The van der Waals surface area contributed by atoms with E-state index < -0.39 is 0 Å². The Morgan fingerprint density at radius 1 is 0.188 bits per heavy atom. The number of para-hydroxylation sites is 5. The second-order valence-corrected chi connectivity index (χ2v) is 24.8. The van der Waals surface area contributed by atoms with Gasteiger partial charge in [-0.2, -0.15) is 0 Å². The Morgan fingerprint density at radius 3 is 1.02 bits per heavy atom. The Balaban J connectivity index is 0.760. The third-order valence-corrected chi connectivity index (χ3v) is 19.3. The van der Waals surface area contributed by atoms with E-state index in [0.717, 1.165) is 101 Å². The maximum Gasteiger partial charge on any atom is 0.0618 e. The van der Waals surface area contributed by atoms with Crippen LogP contribution in [0.3, 0.4) is 0 Å². The van der Waals surface area contributed by atoms with Crippen LogP contribution in [0.4, 0.5) is 34.1 Å². The third kappa shape index (κ3) is 9.78. The smallest absolute Gasteiger partial charge is 0.0618 e. The lowest BCUT2D eigenvalue weighted by Crippen LogP contribution is -2.10. The maximum atomic E-state index is 2.51. The largest absolute Gasteiger partial charge is 0.310 e. The minimum atomic E-state index is 1.06. The predicted molar refractivity (Wildman–Crippen MR) is 407 cm³/mol. The Kier molecular flexibility index (Phi) is 13.8. The summed E-state index contributed by atoms with van der Waals surface area (Å²) in [7, 11) is 0. The first kappa shape index (κ1) is 56.0. The van der Waals surface area contributed by atoms with E-state index in [9.17, 15) is 0 Å². The Bertz CT molecular complexity index is 5820. The second kappa shape index (κ2) is 23.7. The highest BCUT2D eigenvalue weighted by molar-refractivity contribution is 6.12. The molecule has 0 bridgehead atoms. The summed E-state index contributed by atoms with van der Waals surface area (Å²) >= 11 is 0. The first-order chi connectivity index (χ1) is 47.6. The Morgan fingerprint density at radius 2 is 0.521 bits per heavy atom. The van der Waals surface area contributed by atoms with Crippen LogP contribution in [0.1, 0.15) is 0 Å². The summed E-state index contributed by atoms with van der Waals surface area (Å²) in [6, 6.07) is 138. The van der Waals surface area contributed by atoms with E-state index in [-0.39, 0.29) is 0 Å². The van der Waals surface area contributed by atoms with E-state index in [1.807, 2.05) is 0 Å². The van der Waals surface area contributed by atoms with Gasteiger partial charge in [0, 0.05) is 71.9 Å². The van der Waals surface area contributed by atoms with E-state index >= 15 is 0 Å². The Hall–Kier alpha value is -12.8. The highest BCUT2D eigenvalue weighted by Gasteiger charge is 2.24. The van der Waals surface area contributed by atoms with Gasteiger partial charge in [-0.1, -0.05) is 273 Å². The highest BCUT2D eigenvalue weighted by atomic mass is 15.1. The topological polar surface area (TPSA) is 16.3 Å². The van der Waals surface area contributed by atoms with Gasteiger partial charge in [0.1, 0.15) is 0 Å². The molecule has 16 aromatic carbocycles. The summed E-state index contributed by atoms with van der Waals surface area (Å²) in [5.41, 5.74) is 25.0. The third-order valence-electron chi connectivity index (χ3n) is 19.3. The summed E-state index contributed by atoms with van der Waals surface area (Å²) in [6.45, 7) is 0. The first-order valence-corrected chi connectivity index (χ1v) is 33.0. The molecule has 4 heteroatoms. The van der Waals surface area contributed by atoms with E-state index in [2.05, 4.69) is 395 Å². The van der Waals surface area contributed by atoms with Crippen molar-refractivity contribution in [3.05, 3.63) is 376 Å². The maximum absolute atomic E-state index is 2.51. The average Bonchev–Trinajstić information content (AvgIpc) is 1.47. The summed E-state index contributed by atoms with van der Waals surface area (Å²) in [5, 5.41) is 9.61. The zero-order valence-corrected chi connectivity index (χ0v) is 52.6. The van der Waals surface area contributed by atoms with Crippen molar-refractivity contribution >= 4 is 99.3 Å². The SMILES string of the molecule is c1ccc(-c2ccc(N(c3ccc(-c4cccc(-c5ccc6c(N(c7ccc(-c8ccccc8)cc7)c7ccc(-c8cccc(-n9c%10ccccc%10c%10ccccc%109)c8)cc7)cccc6c5)c4-n4c5ccccc5c5ccccc54)cc3)c3cccc4ccccc34)cc2)cc1. The zero-order valence-electron chi connectivity index (χ0n) is 52.6. The minimum absolute atomic E-state index is 1.06. The van der Waals surface area contributed by atoms with Crippen molar-refractivity contribution in [3.63, 3.8) is 0 Å². The molecule has 0 amide bonds. The van der Waals surface area contributed by atoms with Gasteiger partial charge in [0.25, 0.3) is 0 Å². The number of hydrogen-bond acceptors (Lipinski definition) is 2. The van der Waals surface area contributed by atoms with Crippen molar-refractivity contribution in [2.45, 2.75) is 0 Å². The van der Waals surface area contributed by atoms with Crippen LogP contribution in [0.2, 0.25) is 0 Å². The number of hydrogen-bond donors (Lipinski definition) is 0. The van der Waals surface area contributed by atoms with Crippen molar-refractivity contribution in [3.8, 4) is 67.0 Å². The molecule has 2 heterocycles. The van der Waals surface area contributed by atoms with Crippen LogP contribution >= 0.6 is 0 Å². The minimum Gasteiger partial charge on any atom is -0.310 e. The molecule has 0 saturated carbocycles. The fraction of sp³-hybridized carbons (Fsp3) is 0. The fourth-order valence-corrected chi connectivity index (χ4v) is 14.8. The highest BCUT2D eigenvalue weighted by Crippen LogP contribution is 2.47. The van der Waals surface area contributed by atoms with Crippen molar-refractivity contribution in [1.29, 1.82) is 0 Å². The van der Waals surface area contributed by atoms with Gasteiger partial charge in [-0.15, -0.1) is 0 Å². The van der Waals surface area contributed by atoms with Crippen LogP contribution in [0.5, 0.6) is 0 Å². The standard InChI is InChI=1S/C92H62N4/c1-3-21-63(22-4-1)65-43-52-73(53-44-65)93(86-41-18-26-68-25-7-8-30-78(68)86)76-58-49-69(50-59-76)80-35-20-36-81(92(80)96-90-39-15-11-33-84(90)85-34-12-16-40-91(85)96)72-51-60-79-71(61-72)28-19-42-87(79)94(74-54-45-66(46-55-74)64-23-5-2-6-24-64)75-56-47-67(48-57-75)70-27-17-29-77(62-70)95-88-37-13-9-31-82(88)83-32-10-14-38-89(83)95/h1-62H. The van der Waals surface area contributed by atoms with Gasteiger partial charge in [-0.05, 0) is 158 Å². The molecule has 18 rings (SSSR count). The summed E-state index contributed by atoms with van der Waals surface area (Å²) < 4.78 is 4.90. The van der Waals surface area contributed by atoms with E-state index in [1.54, 1.807) is 0 Å². The molecule has 450 valence electrons. The van der Waals surface area contributed by atoms with Crippen LogP contribution in [0.15, 0.2) is 376 Å². The quantitative estimate of drug-likeness (QED) is 0.114. The van der Waals surface area contributed by atoms with E-state index in [4.69, 9.17) is 0 Å². The molecule has 0 N–H and O–H groups in total. The summed E-state index contributed by atoms with van der Waals surface area (Å²) in [5.74, 6) is 0. The number of aromatic nitrogens is 2. The second-order valence-electron chi connectivity index (χ2n) is 24.8. The molecule has 0 saturated heterocycles. The zero-order chi connectivity index (χ0) is 63.5. The number of anilines is 6. The van der Waals surface area contributed by atoms with E-state index in [1.165, 1.54) is 65.6 Å². The molecular weight excluding hydrogens is 1160 g/mol. The molecule has 0 spiro atoms. The van der Waals surface area contributed by atoms with E-state index in [0.29, 0.717) is 0 Å². The van der Waals surface area contributed by atoms with Crippen LogP contribution < -0.4 is 9.80 Å². The molecule has 96 heavy (non-hydrogen) atoms. The molecule has 0 radical (unpaired) electrons. The summed E-state index contributed by atoms with van der Waals surface area (Å²) in [4.78, 5) is 4.82. The molecule has 0 aliphatic heterocycles. The number of nitrogens with zero attached hydrogens (tertiary/aromatic N) is 4. The van der Waals surface area contributed by atoms with Crippen molar-refractivity contribution in [2.24, 2.45) is 0 Å². The predicted octanol–water partition coefficient (Wildman–Crippen LogP) is 25.5. The molecule has 0 atom stereocenters. The van der Waals surface area contributed by atoms with Gasteiger partial charge in [0.05, 0.1) is 39.1 Å². The molecule has 18 aromatic rings. The molecule has 0 aliphatic rings. The van der Waals surface area contributed by atoms with Gasteiger partial charge < -0.3 is 18.9 Å². The van der Waals surface area contributed by atoms with Crippen LogP contribution in [-0.2, 0) is 0 Å². The Labute approximate surface area is 558 Å². The monoisotopic (exact) mass is 1220 g/mol. The van der Waals surface area contributed by atoms with Gasteiger partial charge in [-0.3, -0.25) is 0 Å². The van der Waals surface area contributed by atoms with Crippen LogP contribution in [0, 0.1) is 0 Å². The van der Waals surface area contributed by atoms with Crippen LogP contribution in [0.25, 0.3) is 132 Å². The number of benzene rings is 16. The van der Waals surface area contributed by atoms with Crippen molar-refractivity contribution in [1.82, 2.24) is 9.13 Å². The molecule has 0 unspecified atom stereocenters. The van der Waals surface area contributed by atoms with Crippen molar-refractivity contribution in [2.75, 3.05) is 9.80 Å². The van der Waals surface area contributed by atoms with Gasteiger partial charge in [-0.25, -0.2) is 0 Å². The molecule has 4 nitrogen and oxygen atoms in total. The first-order valence-electron chi connectivity index (χ1n) is 33.0. The lowest BCUT2D eigenvalue weighted by molar-refractivity contribution is 1.18. The fourth-order valence-electron chi connectivity index (χ4n) is 14.8. The lowest BCUT2D eigenvalue weighted by atomic mass is 9.93. The number of rotatable bonds is 13. The number of fused-ring (bicyclic) bond motifs is 8. The van der Waals surface area contributed by atoms with Gasteiger partial charge >= 0.3 is 0 Å². The normalized spacial score (nSPS) is 11.5. The van der Waals surface area contributed by atoms with Crippen molar-refractivity contribution < 1.29 is 0 Å². The molecular formula is C92H62N4. The molecule has 0 aliphatic carbocycles. The molecule has 0 fully saturated rings. The average molecular weight is 1220 g/mol. The van der Waals surface area contributed by atoms with Crippen LogP contribution in [-0.4, -0.2) is 9.13 Å².